The maximum absolute atomic E-state index is 12.4. The zero-order valence-corrected chi connectivity index (χ0v) is 14.1. The van der Waals surface area contributed by atoms with Crippen molar-refractivity contribution in [3.05, 3.63) is 60.9 Å². The van der Waals surface area contributed by atoms with E-state index in [1.165, 1.54) is 0 Å². The average molecular weight is 338 g/mol. The van der Waals surface area contributed by atoms with Crippen LogP contribution in [-0.2, 0) is 16.1 Å². The fourth-order valence-electron chi connectivity index (χ4n) is 3.01. The van der Waals surface area contributed by atoms with Crippen LogP contribution in [0.15, 0.2) is 59.5 Å². The third-order valence-electron chi connectivity index (χ3n) is 4.38. The molecule has 1 aromatic carbocycles. The minimum atomic E-state index is -0.179. The van der Waals surface area contributed by atoms with E-state index >= 15 is 0 Å². The first-order chi connectivity index (χ1) is 12.2. The van der Waals surface area contributed by atoms with Gasteiger partial charge in [-0.25, -0.2) is 0 Å². The quantitative estimate of drug-likeness (QED) is 0.824. The van der Waals surface area contributed by atoms with E-state index in [9.17, 15) is 9.59 Å². The number of hydrogen-bond acceptors (Lipinski definition) is 3. The Morgan fingerprint density at radius 1 is 1.28 bits per heavy atom. The molecule has 0 spiro atoms. The first-order valence-electron chi connectivity index (χ1n) is 8.48. The van der Waals surface area contributed by atoms with Crippen LogP contribution in [0.5, 0.6) is 0 Å². The number of carbonyl (C=O) groups is 2. The Bertz CT molecular complexity index is 751. The number of carbonyl (C=O) groups excluding carboxylic acids is 2. The van der Waals surface area contributed by atoms with Gasteiger partial charge < -0.3 is 14.6 Å². The molecule has 1 unspecified atom stereocenters. The number of furan rings is 1. The molecule has 1 N–H and O–H groups in total. The molecular formula is C20H22N2O3. The van der Waals surface area contributed by atoms with Crippen molar-refractivity contribution in [1.82, 2.24) is 10.2 Å². The van der Waals surface area contributed by atoms with Gasteiger partial charge in [-0.3, -0.25) is 9.59 Å². The van der Waals surface area contributed by atoms with Gasteiger partial charge >= 0.3 is 0 Å². The van der Waals surface area contributed by atoms with Gasteiger partial charge in [0, 0.05) is 25.1 Å². The highest BCUT2D eigenvalue weighted by atomic mass is 16.3. The second kappa shape index (κ2) is 7.83. The van der Waals surface area contributed by atoms with Gasteiger partial charge in [0.25, 0.3) is 0 Å². The molecule has 2 aromatic rings. The zero-order valence-electron chi connectivity index (χ0n) is 14.1. The van der Waals surface area contributed by atoms with Crippen LogP contribution >= 0.6 is 0 Å². The van der Waals surface area contributed by atoms with Crippen LogP contribution < -0.4 is 5.32 Å². The van der Waals surface area contributed by atoms with E-state index in [0.29, 0.717) is 38.2 Å². The molecule has 1 aromatic heterocycles. The first kappa shape index (κ1) is 17.0. The standard InChI is InChI=1S/C20H22N2O3/c1-2-12-22-14-16(8-11-19(22)23)20(24)21-13-17-9-10-18(25-17)15-6-4-3-5-7-15/h2-7,9-10,16H,1,8,11-14H2,(H,21,24). The van der Waals surface area contributed by atoms with Crippen LogP contribution in [0.3, 0.4) is 0 Å². The third kappa shape index (κ3) is 4.18. The second-order valence-corrected chi connectivity index (χ2v) is 6.17. The number of benzene rings is 1. The Labute approximate surface area is 147 Å². The van der Waals surface area contributed by atoms with Crippen LogP contribution in [0.2, 0.25) is 0 Å². The smallest absolute Gasteiger partial charge is 0.225 e. The molecule has 1 aliphatic rings. The number of likely N-dealkylation sites (tertiary alicyclic amines) is 1. The minimum absolute atomic E-state index is 0.0424. The van der Waals surface area contributed by atoms with E-state index in [0.717, 1.165) is 11.3 Å². The maximum Gasteiger partial charge on any atom is 0.225 e. The molecule has 1 aliphatic heterocycles. The van der Waals surface area contributed by atoms with Gasteiger partial charge in [0.2, 0.25) is 11.8 Å². The molecule has 0 bridgehead atoms. The van der Waals surface area contributed by atoms with E-state index in [1.54, 1.807) is 11.0 Å². The van der Waals surface area contributed by atoms with E-state index in [4.69, 9.17) is 4.42 Å². The molecule has 25 heavy (non-hydrogen) atoms. The van der Waals surface area contributed by atoms with E-state index in [-0.39, 0.29) is 17.7 Å². The summed E-state index contributed by atoms with van der Waals surface area (Å²) in [4.78, 5) is 25.9. The van der Waals surface area contributed by atoms with Crippen LogP contribution in [0.25, 0.3) is 11.3 Å². The van der Waals surface area contributed by atoms with Gasteiger partial charge in [-0.05, 0) is 18.6 Å². The summed E-state index contributed by atoms with van der Waals surface area (Å²) < 4.78 is 5.79. The molecule has 5 nitrogen and oxygen atoms in total. The highest BCUT2D eigenvalue weighted by Gasteiger charge is 2.29. The van der Waals surface area contributed by atoms with Gasteiger partial charge in [-0.15, -0.1) is 6.58 Å². The SMILES string of the molecule is C=CCN1CC(C(=O)NCc2ccc(-c3ccccc3)o2)CCC1=O. The Morgan fingerprint density at radius 3 is 2.84 bits per heavy atom. The van der Waals surface area contributed by atoms with Crippen LogP contribution in [0, 0.1) is 5.92 Å². The minimum Gasteiger partial charge on any atom is -0.459 e. The molecule has 0 saturated carbocycles. The summed E-state index contributed by atoms with van der Waals surface area (Å²) in [6.07, 6.45) is 2.68. The summed E-state index contributed by atoms with van der Waals surface area (Å²) in [6.45, 7) is 4.94. The molecule has 1 fully saturated rings. The van der Waals surface area contributed by atoms with Crippen molar-refractivity contribution < 1.29 is 14.0 Å². The average Bonchev–Trinajstić information content (AvgIpc) is 3.11. The summed E-state index contributed by atoms with van der Waals surface area (Å²) in [7, 11) is 0. The van der Waals surface area contributed by atoms with Crippen molar-refractivity contribution in [2.45, 2.75) is 19.4 Å². The van der Waals surface area contributed by atoms with Gasteiger partial charge in [0.15, 0.2) is 0 Å². The third-order valence-corrected chi connectivity index (χ3v) is 4.38. The van der Waals surface area contributed by atoms with E-state index < -0.39 is 0 Å². The number of amides is 2. The van der Waals surface area contributed by atoms with Crippen LogP contribution in [0.1, 0.15) is 18.6 Å². The molecule has 1 atom stereocenters. The van der Waals surface area contributed by atoms with Crippen LogP contribution in [0.4, 0.5) is 0 Å². The molecule has 130 valence electrons. The van der Waals surface area contributed by atoms with Gasteiger partial charge in [-0.2, -0.15) is 0 Å². The summed E-state index contributed by atoms with van der Waals surface area (Å²) in [5.41, 5.74) is 1.01. The lowest BCUT2D eigenvalue weighted by molar-refractivity contribution is -0.137. The number of rotatable bonds is 6. The lowest BCUT2D eigenvalue weighted by Gasteiger charge is -2.31. The summed E-state index contributed by atoms with van der Waals surface area (Å²) >= 11 is 0. The lowest BCUT2D eigenvalue weighted by atomic mass is 9.96. The number of piperidine rings is 1. The van der Waals surface area contributed by atoms with Crippen molar-refractivity contribution in [3.8, 4) is 11.3 Å². The van der Waals surface area contributed by atoms with E-state index in [1.807, 2.05) is 42.5 Å². The Kier molecular flexibility index (Phi) is 5.33. The van der Waals surface area contributed by atoms with Crippen molar-refractivity contribution >= 4 is 11.8 Å². The topological polar surface area (TPSA) is 62.6 Å². The number of nitrogens with zero attached hydrogens (tertiary/aromatic N) is 1. The molecule has 0 radical (unpaired) electrons. The van der Waals surface area contributed by atoms with E-state index in [2.05, 4.69) is 11.9 Å². The fraction of sp³-hybridized carbons (Fsp3) is 0.300. The monoisotopic (exact) mass is 338 g/mol. The predicted octanol–water partition coefficient (Wildman–Crippen LogP) is 2.99. The largest absolute Gasteiger partial charge is 0.459 e. The molecule has 0 aliphatic carbocycles. The van der Waals surface area contributed by atoms with Crippen molar-refractivity contribution in [2.24, 2.45) is 5.92 Å². The highest BCUT2D eigenvalue weighted by Crippen LogP contribution is 2.22. The highest BCUT2D eigenvalue weighted by molar-refractivity contribution is 5.83. The van der Waals surface area contributed by atoms with Crippen molar-refractivity contribution in [3.63, 3.8) is 0 Å². The van der Waals surface area contributed by atoms with Gasteiger partial charge in [-0.1, -0.05) is 36.4 Å². The molecule has 3 rings (SSSR count). The summed E-state index contributed by atoms with van der Waals surface area (Å²) in [6, 6.07) is 13.6. The van der Waals surface area contributed by atoms with Crippen molar-refractivity contribution in [1.29, 1.82) is 0 Å². The van der Waals surface area contributed by atoms with Gasteiger partial charge in [0.05, 0.1) is 12.5 Å². The maximum atomic E-state index is 12.4. The first-order valence-corrected chi connectivity index (χ1v) is 8.48. The molecule has 2 heterocycles. The van der Waals surface area contributed by atoms with Gasteiger partial charge in [0.1, 0.15) is 11.5 Å². The Balaban J connectivity index is 1.55. The number of hydrogen-bond donors (Lipinski definition) is 1. The molecule has 2 amide bonds. The lowest BCUT2D eigenvalue weighted by Crippen LogP contribution is -2.45. The summed E-state index contributed by atoms with van der Waals surface area (Å²) in [5.74, 6) is 1.36. The molecule has 5 heteroatoms. The predicted molar refractivity (Wildman–Crippen MR) is 95.5 cm³/mol. The Morgan fingerprint density at radius 2 is 2.08 bits per heavy atom. The normalized spacial score (nSPS) is 17.4. The molecular weight excluding hydrogens is 316 g/mol. The fourth-order valence-corrected chi connectivity index (χ4v) is 3.01. The second-order valence-electron chi connectivity index (χ2n) is 6.17. The molecule has 1 saturated heterocycles. The Hall–Kier alpha value is -2.82. The van der Waals surface area contributed by atoms with Crippen molar-refractivity contribution in [2.75, 3.05) is 13.1 Å². The zero-order chi connectivity index (χ0) is 17.6. The summed E-state index contributed by atoms with van der Waals surface area (Å²) in [5, 5.41) is 2.91. The number of nitrogens with one attached hydrogen (secondary N) is 1. The van der Waals surface area contributed by atoms with Crippen LogP contribution in [-0.4, -0.2) is 29.8 Å².